The van der Waals surface area contributed by atoms with E-state index in [0.29, 0.717) is 29.3 Å². The van der Waals surface area contributed by atoms with E-state index < -0.39 is 35.7 Å². The maximum atomic E-state index is 13.9. The molecule has 0 spiro atoms. The summed E-state index contributed by atoms with van der Waals surface area (Å²) >= 11 is 12.4. The van der Waals surface area contributed by atoms with Gasteiger partial charge in [0.1, 0.15) is 6.10 Å². The Morgan fingerprint density at radius 1 is 1.06 bits per heavy atom. The summed E-state index contributed by atoms with van der Waals surface area (Å²) in [7, 11) is 0. The third-order valence-corrected chi connectivity index (χ3v) is 7.52. The highest BCUT2D eigenvalue weighted by Crippen LogP contribution is 2.53. The largest absolute Gasteiger partial charge is 0.481 e. The van der Waals surface area contributed by atoms with Gasteiger partial charge < -0.3 is 20.2 Å². The average Bonchev–Trinajstić information content (AvgIpc) is 3.08. The van der Waals surface area contributed by atoms with Crippen LogP contribution in [0.15, 0.2) is 48.5 Å². The first-order valence-electron chi connectivity index (χ1n) is 11.0. The summed E-state index contributed by atoms with van der Waals surface area (Å²) in [6.45, 7) is 1.67. The number of nitrogens with zero attached hydrogens (tertiary/aromatic N) is 1. The van der Waals surface area contributed by atoms with Crippen molar-refractivity contribution < 1.29 is 24.9 Å². The molecular formula is C25H27Cl2NO5. The van der Waals surface area contributed by atoms with Gasteiger partial charge in [0.15, 0.2) is 0 Å². The van der Waals surface area contributed by atoms with Crippen molar-refractivity contribution in [2.24, 2.45) is 5.41 Å². The van der Waals surface area contributed by atoms with Crippen LogP contribution in [0, 0.1) is 5.41 Å². The maximum Gasteiger partial charge on any atom is 0.304 e. The number of hydrogen-bond donors (Lipinski definition) is 3. The number of carboxylic acids is 1. The average molecular weight is 492 g/mol. The van der Waals surface area contributed by atoms with Crippen LogP contribution in [0.1, 0.15) is 55.7 Å². The van der Waals surface area contributed by atoms with Gasteiger partial charge in [0.2, 0.25) is 5.91 Å². The second-order valence-corrected chi connectivity index (χ2v) is 10.3. The van der Waals surface area contributed by atoms with Crippen LogP contribution in [0.4, 0.5) is 0 Å². The molecule has 1 aliphatic carbocycles. The van der Waals surface area contributed by atoms with Crippen molar-refractivity contribution in [3.8, 4) is 0 Å². The predicted octanol–water partition coefficient (Wildman–Crippen LogP) is 4.42. The lowest BCUT2D eigenvalue weighted by Crippen LogP contribution is -2.58. The zero-order valence-corrected chi connectivity index (χ0v) is 19.7. The molecule has 4 rings (SSSR count). The molecule has 1 saturated heterocycles. The monoisotopic (exact) mass is 491 g/mol. The summed E-state index contributed by atoms with van der Waals surface area (Å²) < 4.78 is 0. The topological polar surface area (TPSA) is 98.1 Å². The van der Waals surface area contributed by atoms with Crippen molar-refractivity contribution in [1.29, 1.82) is 0 Å². The van der Waals surface area contributed by atoms with Crippen LogP contribution >= 0.6 is 23.2 Å². The third kappa shape index (κ3) is 4.62. The van der Waals surface area contributed by atoms with Crippen molar-refractivity contribution in [2.45, 2.75) is 62.8 Å². The third-order valence-electron chi connectivity index (χ3n) is 7.04. The Kier molecular flexibility index (Phi) is 6.74. The summed E-state index contributed by atoms with van der Waals surface area (Å²) in [4.78, 5) is 27.3. The van der Waals surface area contributed by atoms with Crippen LogP contribution in [0.5, 0.6) is 0 Å². The number of halogens is 2. The summed E-state index contributed by atoms with van der Waals surface area (Å²) in [5, 5.41) is 31.8. The van der Waals surface area contributed by atoms with Crippen LogP contribution in [-0.4, -0.2) is 50.3 Å². The Morgan fingerprint density at radius 2 is 1.76 bits per heavy atom. The molecule has 0 radical (unpaired) electrons. The highest BCUT2D eigenvalue weighted by Gasteiger charge is 2.54. The van der Waals surface area contributed by atoms with E-state index in [0.717, 1.165) is 11.1 Å². The van der Waals surface area contributed by atoms with Crippen molar-refractivity contribution in [1.82, 2.24) is 4.90 Å². The Bertz CT molecular complexity index is 1050. The highest BCUT2D eigenvalue weighted by atomic mass is 35.5. The second-order valence-electron chi connectivity index (χ2n) is 9.41. The fourth-order valence-corrected chi connectivity index (χ4v) is 5.81. The number of aliphatic carboxylic acids is 1. The molecular weight excluding hydrogens is 465 g/mol. The van der Waals surface area contributed by atoms with Crippen molar-refractivity contribution >= 4 is 35.1 Å². The number of piperidine rings is 1. The predicted molar refractivity (Wildman–Crippen MR) is 125 cm³/mol. The van der Waals surface area contributed by atoms with E-state index in [1.165, 1.54) is 0 Å². The van der Waals surface area contributed by atoms with E-state index >= 15 is 0 Å². The second kappa shape index (κ2) is 9.26. The summed E-state index contributed by atoms with van der Waals surface area (Å²) in [5.74, 6) is -1.68. The Labute approximate surface area is 202 Å². The minimum absolute atomic E-state index is 0.281. The molecule has 1 amide bonds. The standard InChI is InChI=1S/C25H27Cl2NO5/c1-25(13-21(30)31)12-18(15-3-2-4-17(27)11-15)22(14-5-7-16(26)8-6-14)28(24(25)33)19-9-10-20(29)23(19)32/h2-8,11,18-20,22-23,29,32H,9-10,12-13H2,1H3,(H,30,31)/t18-,19?,20?,22-,23-,25-/m1/s1. The van der Waals surface area contributed by atoms with E-state index in [9.17, 15) is 24.9 Å². The summed E-state index contributed by atoms with van der Waals surface area (Å²) in [6.07, 6.45) is -1.31. The molecule has 2 fully saturated rings. The van der Waals surface area contributed by atoms with Gasteiger partial charge in [-0.05, 0) is 54.7 Å². The molecule has 0 bridgehead atoms. The minimum atomic E-state index is -1.19. The lowest BCUT2D eigenvalue weighted by atomic mass is 9.67. The quantitative estimate of drug-likeness (QED) is 0.574. The van der Waals surface area contributed by atoms with E-state index in [4.69, 9.17) is 23.2 Å². The van der Waals surface area contributed by atoms with Gasteiger partial charge in [-0.2, -0.15) is 0 Å². The van der Waals surface area contributed by atoms with Crippen LogP contribution in [-0.2, 0) is 9.59 Å². The number of carbonyl (C=O) groups excluding carboxylic acids is 1. The molecule has 2 unspecified atom stereocenters. The number of benzene rings is 2. The number of carbonyl (C=O) groups is 2. The molecule has 2 aromatic carbocycles. The van der Waals surface area contributed by atoms with E-state index in [1.54, 1.807) is 30.0 Å². The van der Waals surface area contributed by atoms with Crippen molar-refractivity contribution in [2.75, 3.05) is 0 Å². The summed E-state index contributed by atoms with van der Waals surface area (Å²) in [5.41, 5.74) is 0.517. The number of carboxylic acid groups (broad SMARTS) is 1. The number of likely N-dealkylation sites (tertiary alicyclic amines) is 1. The molecule has 6 atom stereocenters. The fraction of sp³-hybridized carbons (Fsp3) is 0.440. The SMILES string of the molecule is C[C@]1(CC(=O)O)C[C@H](c2cccc(Cl)c2)[C@@H](c2ccc(Cl)cc2)N(C2CCC(O)[C@@H]2O)C1=O. The number of rotatable bonds is 5. The lowest BCUT2D eigenvalue weighted by Gasteiger charge is -2.52. The van der Waals surface area contributed by atoms with Gasteiger partial charge in [0.25, 0.3) is 0 Å². The molecule has 33 heavy (non-hydrogen) atoms. The lowest BCUT2D eigenvalue weighted by molar-refractivity contribution is -0.163. The molecule has 0 aromatic heterocycles. The zero-order valence-electron chi connectivity index (χ0n) is 18.2. The highest BCUT2D eigenvalue weighted by molar-refractivity contribution is 6.30. The molecule has 1 heterocycles. The van der Waals surface area contributed by atoms with Gasteiger partial charge >= 0.3 is 5.97 Å². The first-order valence-corrected chi connectivity index (χ1v) is 11.8. The van der Waals surface area contributed by atoms with Gasteiger partial charge in [0.05, 0.1) is 30.0 Å². The number of aliphatic hydroxyl groups is 2. The molecule has 176 valence electrons. The Hall–Kier alpha value is -2.12. The van der Waals surface area contributed by atoms with Crippen LogP contribution in [0.25, 0.3) is 0 Å². The Morgan fingerprint density at radius 3 is 2.33 bits per heavy atom. The molecule has 3 N–H and O–H groups in total. The Balaban J connectivity index is 1.90. The molecule has 2 aliphatic rings. The van der Waals surface area contributed by atoms with Crippen molar-refractivity contribution in [3.05, 3.63) is 69.7 Å². The smallest absolute Gasteiger partial charge is 0.304 e. The van der Waals surface area contributed by atoms with Crippen LogP contribution in [0.3, 0.4) is 0 Å². The van der Waals surface area contributed by atoms with Gasteiger partial charge in [-0.25, -0.2) is 0 Å². The fourth-order valence-electron chi connectivity index (χ4n) is 5.49. The molecule has 2 aromatic rings. The zero-order chi connectivity index (χ0) is 23.9. The van der Waals surface area contributed by atoms with Gasteiger partial charge in [-0.1, -0.05) is 54.4 Å². The molecule has 6 nitrogen and oxygen atoms in total. The van der Waals surface area contributed by atoms with Crippen molar-refractivity contribution in [3.63, 3.8) is 0 Å². The first-order chi connectivity index (χ1) is 15.6. The summed E-state index contributed by atoms with van der Waals surface area (Å²) in [6, 6.07) is 13.4. The van der Waals surface area contributed by atoms with E-state index in [1.807, 2.05) is 30.3 Å². The first kappa shape index (κ1) is 24.0. The van der Waals surface area contributed by atoms with E-state index in [-0.39, 0.29) is 18.2 Å². The van der Waals surface area contributed by atoms with Gasteiger partial charge in [-0.3, -0.25) is 9.59 Å². The van der Waals surface area contributed by atoms with Gasteiger partial charge in [0, 0.05) is 16.0 Å². The molecule has 8 heteroatoms. The number of amides is 1. The van der Waals surface area contributed by atoms with Gasteiger partial charge in [-0.15, -0.1) is 0 Å². The normalized spacial score (nSPS) is 32.2. The van der Waals surface area contributed by atoms with Crippen LogP contribution in [0.2, 0.25) is 10.0 Å². The van der Waals surface area contributed by atoms with E-state index in [2.05, 4.69) is 0 Å². The van der Waals surface area contributed by atoms with Crippen LogP contribution < -0.4 is 0 Å². The number of hydrogen-bond acceptors (Lipinski definition) is 4. The molecule has 1 aliphatic heterocycles. The minimum Gasteiger partial charge on any atom is -0.481 e. The maximum absolute atomic E-state index is 13.9. The molecule has 1 saturated carbocycles. The number of aliphatic hydroxyl groups excluding tert-OH is 2.